The Hall–Kier alpha value is -1.96. The average molecular weight is 284 g/mol. The molecule has 7 nitrogen and oxygen atoms in total. The van der Waals surface area contributed by atoms with E-state index in [1.165, 1.54) is 18.3 Å². The van der Waals surface area contributed by atoms with Crippen LogP contribution in [0.1, 0.15) is 23.0 Å². The number of oxime groups is 1. The molecule has 0 fully saturated rings. The smallest absolute Gasteiger partial charge is 0.269 e. The molecule has 0 spiro atoms. The molecule has 0 saturated heterocycles. The van der Waals surface area contributed by atoms with Crippen LogP contribution in [0.15, 0.2) is 23.5 Å². The number of nitrogens with one attached hydrogen (secondary N) is 1. The van der Waals surface area contributed by atoms with E-state index in [2.05, 4.69) is 15.5 Å². The molecule has 104 valence electrons. The highest BCUT2D eigenvalue weighted by Gasteiger charge is 2.08. The standard InChI is InChI=1S/C11H16N4O3S/c1-2-19(18)6-5-13-11(16)9-4-3-8(7-14-9)10(12)15-17/h3-4,7,17H,2,5-6H2,1H3,(H2,12,15)(H,13,16). The molecule has 4 N–H and O–H groups in total. The lowest BCUT2D eigenvalue weighted by atomic mass is 10.2. The number of amides is 1. The Kier molecular flexibility index (Phi) is 5.94. The van der Waals surface area contributed by atoms with E-state index in [-0.39, 0.29) is 17.4 Å². The topological polar surface area (TPSA) is 118 Å². The van der Waals surface area contributed by atoms with E-state index in [0.717, 1.165) is 0 Å². The molecule has 1 unspecified atom stereocenters. The highest BCUT2D eigenvalue weighted by Crippen LogP contribution is 2.00. The van der Waals surface area contributed by atoms with Gasteiger partial charge in [0, 0.05) is 40.6 Å². The zero-order valence-corrected chi connectivity index (χ0v) is 11.3. The fourth-order valence-electron chi connectivity index (χ4n) is 1.25. The molecule has 0 aliphatic rings. The summed E-state index contributed by atoms with van der Waals surface area (Å²) in [6, 6.07) is 3.00. The third kappa shape index (κ3) is 4.66. The number of rotatable bonds is 6. The predicted octanol–water partition coefficient (Wildman–Crippen LogP) is -0.325. The maximum atomic E-state index is 11.7. The molecule has 0 aromatic carbocycles. The van der Waals surface area contributed by atoms with Gasteiger partial charge < -0.3 is 16.3 Å². The second kappa shape index (κ2) is 7.47. The van der Waals surface area contributed by atoms with Crippen LogP contribution in [0, 0.1) is 0 Å². The summed E-state index contributed by atoms with van der Waals surface area (Å²) in [5, 5.41) is 13.9. The fourth-order valence-corrected chi connectivity index (χ4v) is 1.87. The molecule has 0 radical (unpaired) electrons. The van der Waals surface area contributed by atoms with E-state index in [4.69, 9.17) is 10.9 Å². The molecule has 1 aromatic rings. The van der Waals surface area contributed by atoms with Crippen molar-refractivity contribution in [1.82, 2.24) is 10.3 Å². The molecule has 1 rings (SSSR count). The highest BCUT2D eigenvalue weighted by molar-refractivity contribution is 7.84. The first-order valence-corrected chi connectivity index (χ1v) is 7.14. The zero-order valence-electron chi connectivity index (χ0n) is 10.5. The summed E-state index contributed by atoms with van der Waals surface area (Å²) < 4.78 is 11.2. The molecular weight excluding hydrogens is 268 g/mol. The lowest BCUT2D eigenvalue weighted by molar-refractivity contribution is 0.0951. The predicted molar refractivity (Wildman–Crippen MR) is 72.6 cm³/mol. The molecule has 0 saturated carbocycles. The van der Waals surface area contributed by atoms with Crippen LogP contribution >= 0.6 is 0 Å². The fraction of sp³-hybridized carbons (Fsp3) is 0.364. The van der Waals surface area contributed by atoms with Crippen LogP contribution in [-0.4, -0.2) is 44.2 Å². The Morgan fingerprint density at radius 1 is 1.58 bits per heavy atom. The van der Waals surface area contributed by atoms with Gasteiger partial charge in [-0.2, -0.15) is 0 Å². The molecule has 1 heterocycles. The average Bonchev–Trinajstić information content (AvgIpc) is 2.46. The number of amidine groups is 1. The van der Waals surface area contributed by atoms with Crippen molar-refractivity contribution in [2.75, 3.05) is 18.1 Å². The van der Waals surface area contributed by atoms with E-state index in [0.29, 0.717) is 23.6 Å². The summed E-state index contributed by atoms with van der Waals surface area (Å²) in [6.07, 6.45) is 1.34. The third-order valence-electron chi connectivity index (χ3n) is 2.34. The SMILES string of the molecule is CCS(=O)CCNC(=O)c1ccc(/C(N)=N/O)cn1. The number of aromatic nitrogens is 1. The Morgan fingerprint density at radius 3 is 2.84 bits per heavy atom. The molecule has 1 atom stereocenters. The third-order valence-corrected chi connectivity index (χ3v) is 3.64. The number of nitrogens with zero attached hydrogens (tertiary/aromatic N) is 2. The summed E-state index contributed by atoms with van der Waals surface area (Å²) in [7, 11) is -0.906. The molecule has 8 heteroatoms. The first-order valence-electron chi connectivity index (χ1n) is 5.65. The van der Waals surface area contributed by atoms with Crippen LogP contribution in [-0.2, 0) is 10.8 Å². The Labute approximate surface area is 113 Å². The van der Waals surface area contributed by atoms with Gasteiger partial charge in [0.1, 0.15) is 5.69 Å². The lowest BCUT2D eigenvalue weighted by Crippen LogP contribution is -2.28. The number of carbonyl (C=O) groups excluding carboxylic acids is 1. The number of nitrogens with two attached hydrogens (primary N) is 1. The van der Waals surface area contributed by atoms with Crippen LogP contribution in [0.25, 0.3) is 0 Å². The van der Waals surface area contributed by atoms with Gasteiger partial charge in [-0.25, -0.2) is 0 Å². The minimum atomic E-state index is -0.906. The second-order valence-corrected chi connectivity index (χ2v) is 5.47. The summed E-state index contributed by atoms with van der Waals surface area (Å²) >= 11 is 0. The van der Waals surface area contributed by atoms with Crippen molar-refractivity contribution in [2.45, 2.75) is 6.92 Å². The van der Waals surface area contributed by atoms with E-state index < -0.39 is 10.8 Å². The number of hydrogen-bond acceptors (Lipinski definition) is 5. The lowest BCUT2D eigenvalue weighted by Gasteiger charge is -2.04. The maximum Gasteiger partial charge on any atom is 0.269 e. The van der Waals surface area contributed by atoms with Crippen LogP contribution in [0.3, 0.4) is 0 Å². The van der Waals surface area contributed by atoms with Crippen molar-refractivity contribution in [3.05, 3.63) is 29.6 Å². The summed E-state index contributed by atoms with van der Waals surface area (Å²) in [6.45, 7) is 2.16. The Morgan fingerprint density at radius 2 is 2.32 bits per heavy atom. The van der Waals surface area contributed by atoms with Crippen LogP contribution in [0.2, 0.25) is 0 Å². The Bertz CT molecular complexity index is 487. The van der Waals surface area contributed by atoms with Gasteiger partial charge in [-0.05, 0) is 12.1 Å². The van der Waals surface area contributed by atoms with Crippen LogP contribution in [0.4, 0.5) is 0 Å². The van der Waals surface area contributed by atoms with Crippen LogP contribution in [0.5, 0.6) is 0 Å². The molecule has 0 aliphatic heterocycles. The quantitative estimate of drug-likeness (QED) is 0.286. The van der Waals surface area contributed by atoms with Gasteiger partial charge in [0.05, 0.1) is 0 Å². The van der Waals surface area contributed by atoms with Crippen molar-refractivity contribution in [3.8, 4) is 0 Å². The van der Waals surface area contributed by atoms with Crippen molar-refractivity contribution in [2.24, 2.45) is 10.9 Å². The number of hydrogen-bond donors (Lipinski definition) is 3. The minimum Gasteiger partial charge on any atom is -0.409 e. The maximum absolute atomic E-state index is 11.7. The van der Waals surface area contributed by atoms with Gasteiger partial charge in [-0.1, -0.05) is 12.1 Å². The summed E-state index contributed by atoms with van der Waals surface area (Å²) in [5.74, 6) is 0.574. The van der Waals surface area contributed by atoms with E-state index in [1.807, 2.05) is 6.92 Å². The largest absolute Gasteiger partial charge is 0.409 e. The van der Waals surface area contributed by atoms with Crippen molar-refractivity contribution >= 4 is 22.5 Å². The minimum absolute atomic E-state index is 0.0715. The zero-order chi connectivity index (χ0) is 14.3. The van der Waals surface area contributed by atoms with Crippen molar-refractivity contribution in [3.63, 3.8) is 0 Å². The van der Waals surface area contributed by atoms with Gasteiger partial charge in [-0.3, -0.25) is 14.0 Å². The van der Waals surface area contributed by atoms with Gasteiger partial charge in [0.15, 0.2) is 5.84 Å². The monoisotopic (exact) mass is 284 g/mol. The molecule has 1 aromatic heterocycles. The van der Waals surface area contributed by atoms with Gasteiger partial charge in [0.2, 0.25) is 0 Å². The molecule has 0 aliphatic carbocycles. The first-order chi connectivity index (χ1) is 9.08. The normalized spacial score (nSPS) is 13.0. The molecule has 1 amide bonds. The van der Waals surface area contributed by atoms with Gasteiger partial charge in [0.25, 0.3) is 5.91 Å². The van der Waals surface area contributed by atoms with E-state index in [9.17, 15) is 9.00 Å². The highest BCUT2D eigenvalue weighted by atomic mass is 32.2. The van der Waals surface area contributed by atoms with E-state index in [1.54, 1.807) is 0 Å². The molecular formula is C11H16N4O3S. The number of carbonyl (C=O) groups is 1. The molecule has 0 bridgehead atoms. The first kappa shape index (κ1) is 15.1. The summed E-state index contributed by atoms with van der Waals surface area (Å²) in [4.78, 5) is 15.6. The van der Waals surface area contributed by atoms with Crippen molar-refractivity contribution in [1.29, 1.82) is 0 Å². The Balaban J connectivity index is 2.56. The van der Waals surface area contributed by atoms with E-state index >= 15 is 0 Å². The van der Waals surface area contributed by atoms with Crippen LogP contribution < -0.4 is 11.1 Å². The van der Waals surface area contributed by atoms with Gasteiger partial charge >= 0.3 is 0 Å². The molecule has 19 heavy (non-hydrogen) atoms. The number of pyridine rings is 1. The summed E-state index contributed by atoms with van der Waals surface area (Å²) in [5.41, 5.74) is 6.02. The van der Waals surface area contributed by atoms with Gasteiger partial charge in [-0.15, -0.1) is 0 Å². The van der Waals surface area contributed by atoms with Crippen molar-refractivity contribution < 1.29 is 14.2 Å². The second-order valence-electron chi connectivity index (χ2n) is 3.61.